The van der Waals surface area contributed by atoms with Gasteiger partial charge in [-0.3, -0.25) is 0 Å². The third-order valence-electron chi connectivity index (χ3n) is 2.47. The lowest BCUT2D eigenvalue weighted by molar-refractivity contribution is -0.136. The van der Waals surface area contributed by atoms with Gasteiger partial charge in [-0.05, 0) is 24.5 Å². The maximum atomic E-state index is 13.2. The Morgan fingerprint density at radius 2 is 1.83 bits per heavy atom. The number of alkyl halides is 3. The van der Waals surface area contributed by atoms with E-state index in [0.717, 1.165) is 6.07 Å². The van der Waals surface area contributed by atoms with E-state index in [0.29, 0.717) is 6.07 Å². The van der Waals surface area contributed by atoms with E-state index in [4.69, 9.17) is 0 Å². The Morgan fingerprint density at radius 3 is 2.39 bits per heavy atom. The van der Waals surface area contributed by atoms with Crippen LogP contribution in [0, 0.1) is 11.6 Å². The molecule has 0 heterocycles. The molecule has 0 saturated carbocycles. The fraction of sp³-hybridized carbons (Fsp3) is 0.500. The molecule has 0 spiro atoms. The van der Waals surface area contributed by atoms with Crippen molar-refractivity contribution in [2.24, 2.45) is 0 Å². The third-order valence-corrected chi connectivity index (χ3v) is 2.47. The van der Waals surface area contributed by atoms with Gasteiger partial charge in [0.1, 0.15) is 11.6 Å². The molecule has 0 bridgehead atoms. The van der Waals surface area contributed by atoms with Crippen LogP contribution in [-0.2, 0) is 6.42 Å². The molecule has 0 aliphatic heterocycles. The Morgan fingerprint density at radius 1 is 1.17 bits per heavy atom. The number of aliphatic hydroxyl groups is 1. The van der Waals surface area contributed by atoms with Crippen molar-refractivity contribution in [1.29, 1.82) is 0 Å². The third kappa shape index (κ3) is 5.44. The second-order valence-electron chi connectivity index (χ2n) is 4.10. The lowest BCUT2D eigenvalue weighted by atomic mass is 10.0. The molecule has 1 atom stereocenters. The zero-order valence-electron chi connectivity index (χ0n) is 9.47. The standard InChI is InChI=1S/C12H13F5O/c13-9-4-3-8(11(14)7-9)6-10(18)2-1-5-12(15,16)17/h3-4,7,10,18H,1-2,5-6H2. The van der Waals surface area contributed by atoms with Gasteiger partial charge in [0.15, 0.2) is 0 Å². The Labute approximate surface area is 101 Å². The average Bonchev–Trinajstić information content (AvgIpc) is 2.20. The summed E-state index contributed by atoms with van der Waals surface area (Å²) in [6.45, 7) is 0. The lowest BCUT2D eigenvalue weighted by Gasteiger charge is -2.12. The molecule has 0 aliphatic carbocycles. The molecular formula is C12H13F5O. The first-order valence-corrected chi connectivity index (χ1v) is 5.46. The number of hydrogen-bond donors (Lipinski definition) is 1. The summed E-state index contributed by atoms with van der Waals surface area (Å²) in [6.07, 6.45) is -6.70. The maximum absolute atomic E-state index is 13.2. The van der Waals surface area contributed by atoms with E-state index in [2.05, 4.69) is 0 Å². The minimum atomic E-state index is -4.25. The molecule has 18 heavy (non-hydrogen) atoms. The fourth-order valence-electron chi connectivity index (χ4n) is 1.58. The van der Waals surface area contributed by atoms with E-state index in [1.807, 2.05) is 0 Å². The first-order chi connectivity index (χ1) is 8.28. The molecule has 1 rings (SSSR count). The van der Waals surface area contributed by atoms with Gasteiger partial charge in [0.2, 0.25) is 0 Å². The Kier molecular flexibility index (Phi) is 5.07. The number of rotatable bonds is 5. The van der Waals surface area contributed by atoms with Crippen LogP contribution in [0.25, 0.3) is 0 Å². The summed E-state index contributed by atoms with van der Waals surface area (Å²) in [6, 6.07) is 2.90. The van der Waals surface area contributed by atoms with Crippen molar-refractivity contribution < 1.29 is 27.1 Å². The Bertz CT molecular complexity index is 389. The number of hydrogen-bond acceptors (Lipinski definition) is 1. The van der Waals surface area contributed by atoms with Gasteiger partial charge in [0.05, 0.1) is 6.10 Å². The predicted octanol–water partition coefficient (Wildman–Crippen LogP) is 3.60. The summed E-state index contributed by atoms with van der Waals surface area (Å²) in [4.78, 5) is 0. The smallest absolute Gasteiger partial charge is 0.389 e. The van der Waals surface area contributed by atoms with Crippen molar-refractivity contribution in [3.8, 4) is 0 Å². The van der Waals surface area contributed by atoms with E-state index >= 15 is 0 Å². The van der Waals surface area contributed by atoms with Gasteiger partial charge in [-0.15, -0.1) is 0 Å². The van der Waals surface area contributed by atoms with Gasteiger partial charge in [0.25, 0.3) is 0 Å². The van der Waals surface area contributed by atoms with Crippen LogP contribution < -0.4 is 0 Å². The van der Waals surface area contributed by atoms with Crippen molar-refractivity contribution in [1.82, 2.24) is 0 Å². The van der Waals surface area contributed by atoms with E-state index in [9.17, 15) is 27.1 Å². The van der Waals surface area contributed by atoms with Crippen LogP contribution in [0.15, 0.2) is 18.2 Å². The Balaban J connectivity index is 2.42. The van der Waals surface area contributed by atoms with E-state index < -0.39 is 30.3 Å². The van der Waals surface area contributed by atoms with Gasteiger partial charge in [-0.25, -0.2) is 8.78 Å². The molecule has 1 unspecified atom stereocenters. The number of halogens is 5. The van der Waals surface area contributed by atoms with Gasteiger partial charge < -0.3 is 5.11 Å². The minimum Gasteiger partial charge on any atom is -0.393 e. The van der Waals surface area contributed by atoms with Gasteiger partial charge >= 0.3 is 6.18 Å². The quantitative estimate of drug-likeness (QED) is 0.809. The van der Waals surface area contributed by atoms with E-state index in [-0.39, 0.29) is 24.8 Å². The van der Waals surface area contributed by atoms with Crippen LogP contribution in [0.1, 0.15) is 24.8 Å². The van der Waals surface area contributed by atoms with Crippen LogP contribution in [0.5, 0.6) is 0 Å². The molecule has 1 N–H and O–H groups in total. The zero-order valence-corrected chi connectivity index (χ0v) is 9.47. The fourth-order valence-corrected chi connectivity index (χ4v) is 1.58. The monoisotopic (exact) mass is 268 g/mol. The molecule has 0 radical (unpaired) electrons. The molecule has 1 nitrogen and oxygen atoms in total. The number of aliphatic hydroxyl groups excluding tert-OH is 1. The molecule has 102 valence electrons. The zero-order chi connectivity index (χ0) is 13.8. The summed E-state index contributed by atoms with van der Waals surface area (Å²) < 4.78 is 61.4. The van der Waals surface area contributed by atoms with Crippen molar-refractivity contribution in [2.75, 3.05) is 0 Å². The number of benzene rings is 1. The predicted molar refractivity (Wildman–Crippen MR) is 56.0 cm³/mol. The van der Waals surface area contributed by atoms with Gasteiger partial charge in [-0.2, -0.15) is 13.2 Å². The van der Waals surface area contributed by atoms with Crippen LogP contribution in [0.4, 0.5) is 22.0 Å². The second-order valence-corrected chi connectivity index (χ2v) is 4.10. The second kappa shape index (κ2) is 6.13. The largest absolute Gasteiger partial charge is 0.393 e. The van der Waals surface area contributed by atoms with Crippen molar-refractivity contribution >= 4 is 0 Å². The molecule has 0 fully saturated rings. The molecule has 0 amide bonds. The van der Waals surface area contributed by atoms with E-state index in [1.54, 1.807) is 0 Å². The highest BCUT2D eigenvalue weighted by Crippen LogP contribution is 2.23. The average molecular weight is 268 g/mol. The molecule has 1 aromatic rings. The summed E-state index contributed by atoms with van der Waals surface area (Å²) in [5.74, 6) is -1.53. The maximum Gasteiger partial charge on any atom is 0.389 e. The van der Waals surface area contributed by atoms with Crippen LogP contribution >= 0.6 is 0 Å². The van der Waals surface area contributed by atoms with Crippen molar-refractivity contribution in [2.45, 2.75) is 38.0 Å². The summed E-state index contributed by atoms with van der Waals surface area (Å²) >= 11 is 0. The summed E-state index contributed by atoms with van der Waals surface area (Å²) in [5.41, 5.74) is 0.0934. The molecule has 1 aromatic carbocycles. The molecule has 0 aromatic heterocycles. The SMILES string of the molecule is OC(CCCC(F)(F)F)Cc1ccc(F)cc1F. The highest BCUT2D eigenvalue weighted by atomic mass is 19.4. The molecule has 6 heteroatoms. The van der Waals surface area contributed by atoms with E-state index in [1.165, 1.54) is 6.07 Å². The Hall–Kier alpha value is -1.17. The van der Waals surface area contributed by atoms with Crippen LogP contribution in [0.3, 0.4) is 0 Å². The van der Waals surface area contributed by atoms with Crippen molar-refractivity contribution in [3.63, 3.8) is 0 Å². The minimum absolute atomic E-state index is 0.0731. The summed E-state index contributed by atoms with van der Waals surface area (Å²) in [7, 11) is 0. The van der Waals surface area contributed by atoms with Crippen LogP contribution in [-0.4, -0.2) is 17.4 Å². The van der Waals surface area contributed by atoms with Gasteiger partial charge in [0, 0.05) is 18.9 Å². The van der Waals surface area contributed by atoms with Gasteiger partial charge in [-0.1, -0.05) is 6.07 Å². The first-order valence-electron chi connectivity index (χ1n) is 5.46. The lowest BCUT2D eigenvalue weighted by Crippen LogP contribution is -2.14. The normalized spacial score (nSPS) is 13.7. The highest BCUT2D eigenvalue weighted by molar-refractivity contribution is 5.19. The molecule has 0 aliphatic rings. The van der Waals surface area contributed by atoms with Crippen LogP contribution in [0.2, 0.25) is 0 Å². The topological polar surface area (TPSA) is 20.2 Å². The van der Waals surface area contributed by atoms with Crippen molar-refractivity contribution in [3.05, 3.63) is 35.4 Å². The highest BCUT2D eigenvalue weighted by Gasteiger charge is 2.26. The first kappa shape index (κ1) is 14.9. The molecular weight excluding hydrogens is 255 g/mol. The summed E-state index contributed by atoms with van der Waals surface area (Å²) in [5, 5.41) is 9.47. The molecule has 0 saturated heterocycles.